The second-order valence-corrected chi connectivity index (χ2v) is 7.95. The Morgan fingerprint density at radius 2 is 2.15 bits per heavy atom. The Hall–Kier alpha value is -4.02. The molecule has 174 valence electrons. The number of imidazole rings is 1. The summed E-state index contributed by atoms with van der Waals surface area (Å²) in [4.78, 5) is 20.9. The minimum Gasteiger partial charge on any atom is -0.468 e. The van der Waals surface area contributed by atoms with Gasteiger partial charge in [-0.05, 0) is 24.1 Å². The van der Waals surface area contributed by atoms with Crippen molar-refractivity contribution in [1.29, 1.82) is 0 Å². The van der Waals surface area contributed by atoms with E-state index >= 15 is 0 Å². The molecular formula is C24H24FN7O2. The number of allylic oxidation sites excluding steroid dienone is 2. The summed E-state index contributed by atoms with van der Waals surface area (Å²) in [5, 5.41) is 10.4. The topological polar surface area (TPSA) is 119 Å². The van der Waals surface area contributed by atoms with Crippen LogP contribution in [0.4, 0.5) is 4.39 Å². The molecule has 9 nitrogen and oxygen atoms in total. The van der Waals surface area contributed by atoms with Crippen molar-refractivity contribution in [1.82, 2.24) is 25.5 Å². The number of carbonyl (C=O) groups excluding carboxylic acids is 1. The lowest BCUT2D eigenvalue weighted by atomic mass is 10.1. The van der Waals surface area contributed by atoms with Crippen molar-refractivity contribution in [2.24, 2.45) is 10.7 Å². The third kappa shape index (κ3) is 4.04. The lowest BCUT2D eigenvalue weighted by Crippen LogP contribution is -2.55. The summed E-state index contributed by atoms with van der Waals surface area (Å²) in [6, 6.07) is 12.6. The average Bonchev–Trinajstić information content (AvgIpc) is 3.03. The van der Waals surface area contributed by atoms with Crippen molar-refractivity contribution >= 4 is 23.2 Å². The van der Waals surface area contributed by atoms with E-state index in [-0.39, 0.29) is 23.3 Å². The number of rotatable bonds is 6. The molecule has 5 N–H and O–H groups in total. The van der Waals surface area contributed by atoms with Gasteiger partial charge in [0.25, 0.3) is 11.9 Å². The Bertz CT molecular complexity index is 1330. The van der Waals surface area contributed by atoms with Gasteiger partial charge < -0.3 is 15.8 Å². The number of aliphatic imine (C=N–C) groups is 1. The van der Waals surface area contributed by atoms with E-state index < -0.39 is 18.0 Å². The number of hydrogen-bond donors (Lipinski definition) is 4. The van der Waals surface area contributed by atoms with Crippen LogP contribution >= 0.6 is 0 Å². The lowest BCUT2D eigenvalue weighted by Gasteiger charge is -2.36. The molecule has 3 heterocycles. The standard InChI is InChI=1S/C24H24FN7O2/c1-34-24-29-19-17(20(26)33)11-15(25)12-18(19)32(24)23-30-21-16(9-5-6-10-27-21)22(31-23)28-13-14-7-3-2-4-8-14/h2-8,10-12,22-23,28,30-31H,9,13H2,1H3,(H2,26,33). The van der Waals surface area contributed by atoms with Gasteiger partial charge in [0.2, 0.25) is 0 Å². The van der Waals surface area contributed by atoms with E-state index in [1.807, 2.05) is 42.5 Å². The number of halogens is 1. The Balaban J connectivity index is 1.56. The number of fused-ring (bicyclic) bond motifs is 1. The van der Waals surface area contributed by atoms with E-state index in [9.17, 15) is 9.18 Å². The zero-order valence-corrected chi connectivity index (χ0v) is 18.5. The first-order chi connectivity index (χ1) is 16.5. The maximum absolute atomic E-state index is 14.4. The van der Waals surface area contributed by atoms with Crippen LogP contribution in [-0.4, -0.2) is 34.9 Å². The van der Waals surface area contributed by atoms with Gasteiger partial charge in [-0.25, -0.2) is 9.38 Å². The number of nitrogens with zero attached hydrogens (tertiary/aromatic N) is 3. The molecule has 1 amide bonds. The smallest absolute Gasteiger partial charge is 0.299 e. The van der Waals surface area contributed by atoms with Crippen molar-refractivity contribution < 1.29 is 13.9 Å². The van der Waals surface area contributed by atoms with E-state index in [0.29, 0.717) is 24.3 Å². The summed E-state index contributed by atoms with van der Waals surface area (Å²) in [6.45, 7) is 0.623. The van der Waals surface area contributed by atoms with E-state index in [2.05, 4.69) is 25.9 Å². The number of ether oxygens (including phenoxy) is 1. The maximum Gasteiger partial charge on any atom is 0.299 e. The van der Waals surface area contributed by atoms with Crippen LogP contribution in [0, 0.1) is 5.82 Å². The second-order valence-electron chi connectivity index (χ2n) is 7.95. The van der Waals surface area contributed by atoms with Gasteiger partial charge in [0.15, 0.2) is 6.29 Å². The number of aromatic nitrogens is 2. The Morgan fingerprint density at radius 3 is 2.91 bits per heavy atom. The summed E-state index contributed by atoms with van der Waals surface area (Å²) in [7, 11) is 1.46. The van der Waals surface area contributed by atoms with Crippen LogP contribution in [0.15, 0.2) is 71.0 Å². The zero-order valence-electron chi connectivity index (χ0n) is 18.5. The van der Waals surface area contributed by atoms with Crippen LogP contribution in [0.25, 0.3) is 11.0 Å². The molecule has 0 saturated heterocycles. The molecule has 0 spiro atoms. The fourth-order valence-corrected chi connectivity index (χ4v) is 4.22. The number of benzene rings is 2. The summed E-state index contributed by atoms with van der Waals surface area (Å²) >= 11 is 0. The second kappa shape index (κ2) is 9.08. The number of methoxy groups -OCH3 is 1. The molecule has 2 unspecified atom stereocenters. The first kappa shape index (κ1) is 21.8. The quantitative estimate of drug-likeness (QED) is 0.447. The minimum absolute atomic E-state index is 0.0156. The van der Waals surface area contributed by atoms with E-state index in [0.717, 1.165) is 17.2 Å². The van der Waals surface area contributed by atoms with Gasteiger partial charge in [0.05, 0.1) is 24.4 Å². The normalized spacial score (nSPS) is 19.6. The predicted molar refractivity (Wildman–Crippen MR) is 126 cm³/mol. The number of carbonyl (C=O) groups is 1. The van der Waals surface area contributed by atoms with E-state index in [1.54, 1.807) is 10.8 Å². The molecule has 3 aromatic rings. The maximum atomic E-state index is 14.4. The molecule has 0 aliphatic carbocycles. The molecule has 0 bridgehead atoms. The van der Waals surface area contributed by atoms with E-state index in [4.69, 9.17) is 10.5 Å². The largest absolute Gasteiger partial charge is 0.468 e. The number of nitrogens with two attached hydrogens (primary N) is 1. The average molecular weight is 462 g/mol. The van der Waals surface area contributed by atoms with E-state index in [1.165, 1.54) is 13.2 Å². The van der Waals surface area contributed by atoms with Gasteiger partial charge in [-0.3, -0.25) is 20.0 Å². The fourth-order valence-electron chi connectivity index (χ4n) is 4.22. The Labute approximate surface area is 195 Å². The van der Waals surface area contributed by atoms with Crippen LogP contribution in [0.2, 0.25) is 0 Å². The highest BCUT2D eigenvalue weighted by Gasteiger charge is 2.32. The number of hydrogen-bond acceptors (Lipinski definition) is 7. The zero-order chi connectivity index (χ0) is 23.7. The number of amides is 1. The predicted octanol–water partition coefficient (Wildman–Crippen LogP) is 2.29. The molecule has 0 fully saturated rings. The molecule has 2 aliphatic rings. The van der Waals surface area contributed by atoms with Crippen LogP contribution in [0.1, 0.15) is 28.6 Å². The molecule has 5 rings (SSSR count). The highest BCUT2D eigenvalue weighted by molar-refractivity contribution is 6.04. The molecule has 34 heavy (non-hydrogen) atoms. The van der Waals surface area contributed by atoms with Crippen LogP contribution in [0.5, 0.6) is 6.01 Å². The first-order valence-corrected chi connectivity index (χ1v) is 10.8. The molecule has 2 atom stereocenters. The van der Waals surface area contributed by atoms with Crippen LogP contribution in [0.3, 0.4) is 0 Å². The summed E-state index contributed by atoms with van der Waals surface area (Å²) in [6.07, 6.45) is 5.48. The van der Waals surface area contributed by atoms with Gasteiger partial charge in [0.1, 0.15) is 17.2 Å². The summed E-state index contributed by atoms with van der Waals surface area (Å²) < 4.78 is 21.6. The molecule has 0 saturated carbocycles. The minimum atomic E-state index is -0.770. The van der Waals surface area contributed by atoms with Gasteiger partial charge in [-0.15, -0.1) is 0 Å². The third-order valence-corrected chi connectivity index (χ3v) is 5.80. The molecule has 2 aliphatic heterocycles. The lowest BCUT2D eigenvalue weighted by molar-refractivity contribution is 0.100. The van der Waals surface area contributed by atoms with Gasteiger partial charge in [-0.1, -0.05) is 36.4 Å². The van der Waals surface area contributed by atoms with Crippen LogP contribution < -0.4 is 26.4 Å². The van der Waals surface area contributed by atoms with Crippen LogP contribution in [-0.2, 0) is 6.54 Å². The Kier molecular flexibility index (Phi) is 5.83. The molecule has 1 aromatic heterocycles. The monoisotopic (exact) mass is 461 g/mol. The molecule has 10 heteroatoms. The summed E-state index contributed by atoms with van der Waals surface area (Å²) in [5.41, 5.74) is 8.24. The van der Waals surface area contributed by atoms with Gasteiger partial charge in [0, 0.05) is 24.4 Å². The van der Waals surface area contributed by atoms with Gasteiger partial charge >= 0.3 is 0 Å². The van der Waals surface area contributed by atoms with Crippen molar-refractivity contribution in [3.8, 4) is 6.01 Å². The van der Waals surface area contributed by atoms with Gasteiger partial charge in [-0.2, -0.15) is 4.98 Å². The molecule has 2 aromatic carbocycles. The number of nitrogens with one attached hydrogen (secondary N) is 3. The SMILES string of the molecule is COc1nc2c(C(N)=O)cc(F)cc2n1C1NC2=C(CC=CC=N2)C(NCc2ccccc2)N1. The third-order valence-electron chi connectivity index (χ3n) is 5.80. The molecule has 0 radical (unpaired) electrons. The summed E-state index contributed by atoms with van der Waals surface area (Å²) in [5.74, 6) is -0.681. The van der Waals surface area contributed by atoms with Crippen molar-refractivity contribution in [2.75, 3.05) is 7.11 Å². The Morgan fingerprint density at radius 1 is 1.32 bits per heavy atom. The first-order valence-electron chi connectivity index (χ1n) is 10.8. The van der Waals surface area contributed by atoms with Crippen molar-refractivity contribution in [2.45, 2.75) is 25.4 Å². The number of primary amides is 1. The highest BCUT2D eigenvalue weighted by atomic mass is 19.1. The highest BCUT2D eigenvalue weighted by Crippen LogP contribution is 2.31. The van der Waals surface area contributed by atoms with Crippen molar-refractivity contribution in [3.63, 3.8) is 0 Å². The molecular weight excluding hydrogens is 437 g/mol. The fraction of sp³-hybridized carbons (Fsp3) is 0.208. The van der Waals surface area contributed by atoms with Crippen molar-refractivity contribution in [3.05, 3.63) is 83.0 Å².